The average Bonchev–Trinajstić information content (AvgIpc) is 1.91. The van der Waals surface area contributed by atoms with Crippen LogP contribution in [0, 0.1) is 0 Å². The van der Waals surface area contributed by atoms with Crippen molar-refractivity contribution in [2.24, 2.45) is 0 Å². The molecule has 0 aliphatic heterocycles. The fraction of sp³-hybridized carbons (Fsp3) is 0.333. The molecule has 1 aliphatic rings. The van der Waals surface area contributed by atoms with Crippen LogP contribution in [0.25, 0.3) is 0 Å². The molecule has 0 radical (unpaired) electrons. The zero-order valence-electron chi connectivity index (χ0n) is 5.01. The van der Waals surface area contributed by atoms with Gasteiger partial charge in [0.05, 0.1) is 0 Å². The van der Waals surface area contributed by atoms with Crippen LogP contribution in [0.5, 0.6) is 0 Å². The zero-order chi connectivity index (χ0) is 5.28. The van der Waals surface area contributed by atoms with Gasteiger partial charge in [0.25, 0.3) is 0 Å². The van der Waals surface area contributed by atoms with E-state index in [9.17, 15) is 0 Å². The molecule has 0 amide bonds. The van der Waals surface area contributed by atoms with Crippen LogP contribution in [-0.2, 0) is 18.9 Å². The smallest absolute Gasteiger partial charge is 0.147 e. The van der Waals surface area contributed by atoms with E-state index in [0.29, 0.717) is 0 Å². The Bertz CT molecular complexity index is 138. The van der Waals surface area contributed by atoms with Crippen molar-refractivity contribution in [1.29, 1.82) is 0 Å². The first-order valence-electron chi connectivity index (χ1n) is 2.30. The molecular weight excluding hydrogens is 335 g/mol. The van der Waals surface area contributed by atoms with Crippen molar-refractivity contribution in [2.75, 3.05) is 0 Å². The van der Waals surface area contributed by atoms with Gasteiger partial charge < -0.3 is 0 Å². The van der Waals surface area contributed by atoms with Crippen molar-refractivity contribution in [2.45, 2.75) is 13.3 Å². The standard InChI is InChI=1S/C6H7.2ClH.Ir/c1-6-4-2-3-5-6;;;/h2,4H,3H2,1H3;2*1H;. The fourth-order valence-corrected chi connectivity index (χ4v) is 1.06. The van der Waals surface area contributed by atoms with E-state index in [4.69, 9.17) is 0 Å². The molecule has 0 aromatic heterocycles. The molecule has 0 N–H and O–H groups in total. The molecule has 0 spiro atoms. The minimum Gasteiger partial charge on any atom is -0.147 e. The van der Waals surface area contributed by atoms with Gasteiger partial charge in [-0.3, -0.25) is 0 Å². The summed E-state index contributed by atoms with van der Waals surface area (Å²) in [6.07, 6.45) is 5.55. The Morgan fingerprint density at radius 3 is 2.11 bits per heavy atom. The van der Waals surface area contributed by atoms with Crippen LogP contribution < -0.4 is 0 Å². The topological polar surface area (TPSA) is 0 Å². The first kappa shape index (κ1) is 12.4. The normalized spacial score (nSPS) is 15.0. The molecule has 0 saturated heterocycles. The maximum absolute atomic E-state index is 2.20. The van der Waals surface area contributed by atoms with Crippen molar-refractivity contribution >= 4 is 24.8 Å². The maximum atomic E-state index is 2.20. The largest absolute Gasteiger partial charge is 0.147 e. The third-order valence-corrected chi connectivity index (χ3v) is 2.50. The SMILES string of the molecule is CC1=[C]([Ir])CC=C1.Cl.Cl. The third-order valence-electron chi connectivity index (χ3n) is 1.07. The van der Waals surface area contributed by atoms with Crippen molar-refractivity contribution in [3.63, 3.8) is 0 Å². The minimum absolute atomic E-state index is 0. The molecule has 0 atom stereocenters. The quantitative estimate of drug-likeness (QED) is 0.634. The first-order valence-corrected chi connectivity index (χ1v) is 3.50. The predicted molar refractivity (Wildman–Crippen MR) is 41.0 cm³/mol. The first-order chi connectivity index (χ1) is 3.30. The van der Waals surface area contributed by atoms with E-state index < -0.39 is 0 Å². The van der Waals surface area contributed by atoms with Crippen LogP contribution in [0.3, 0.4) is 0 Å². The van der Waals surface area contributed by atoms with Gasteiger partial charge >= 0.3 is 54.1 Å². The van der Waals surface area contributed by atoms with Crippen LogP contribution in [0.1, 0.15) is 13.3 Å². The molecule has 0 heterocycles. The van der Waals surface area contributed by atoms with E-state index in [0.717, 1.165) is 0 Å². The van der Waals surface area contributed by atoms with Gasteiger partial charge in [-0.1, -0.05) is 0 Å². The molecule has 0 aromatic carbocycles. The molecule has 9 heavy (non-hydrogen) atoms. The Morgan fingerprint density at radius 1 is 1.44 bits per heavy atom. The summed E-state index contributed by atoms with van der Waals surface area (Å²) in [5, 5.41) is 0. The summed E-state index contributed by atoms with van der Waals surface area (Å²) in [5.74, 6) is 0. The van der Waals surface area contributed by atoms with Crippen LogP contribution >= 0.6 is 24.8 Å². The number of hydrogen-bond donors (Lipinski definition) is 0. The molecule has 0 bridgehead atoms. The van der Waals surface area contributed by atoms with Crippen molar-refractivity contribution in [3.8, 4) is 0 Å². The Kier molecular flexibility index (Phi) is 7.56. The number of rotatable bonds is 0. The minimum atomic E-state index is 0. The summed E-state index contributed by atoms with van der Waals surface area (Å²) < 4.78 is 1.51. The van der Waals surface area contributed by atoms with Crippen LogP contribution in [0.4, 0.5) is 0 Å². The van der Waals surface area contributed by atoms with Crippen molar-refractivity contribution < 1.29 is 18.9 Å². The van der Waals surface area contributed by atoms with E-state index in [1.165, 1.54) is 16.1 Å². The number of hydrogen-bond acceptors (Lipinski definition) is 0. The zero-order valence-corrected chi connectivity index (χ0v) is 9.04. The molecule has 1 rings (SSSR count). The maximum Gasteiger partial charge on any atom is -0.147 e. The van der Waals surface area contributed by atoms with Gasteiger partial charge in [-0.2, -0.15) is 0 Å². The van der Waals surface area contributed by atoms with Gasteiger partial charge in [0.1, 0.15) is 0 Å². The van der Waals surface area contributed by atoms with Gasteiger partial charge in [0, 0.05) is 0 Å². The van der Waals surface area contributed by atoms with Gasteiger partial charge in [0.15, 0.2) is 0 Å². The number of halogens is 2. The molecule has 56 valence electrons. The Hall–Kier alpha value is 0.709. The third kappa shape index (κ3) is 3.42. The average molecular weight is 344 g/mol. The molecule has 3 heteroatoms. The summed E-state index contributed by atoms with van der Waals surface area (Å²) in [5.41, 5.74) is 1.44. The van der Waals surface area contributed by atoms with E-state index in [-0.39, 0.29) is 24.8 Å². The molecule has 0 aromatic rings. The molecule has 0 nitrogen and oxygen atoms in total. The summed E-state index contributed by atoms with van der Waals surface area (Å²) >= 11 is 2.18. The number of allylic oxidation sites excluding steroid dienone is 4. The van der Waals surface area contributed by atoms with E-state index in [1.54, 1.807) is 0 Å². The molecule has 1 aliphatic carbocycles. The second kappa shape index (κ2) is 5.49. The second-order valence-electron chi connectivity index (χ2n) is 1.67. The molecule has 0 saturated carbocycles. The van der Waals surface area contributed by atoms with E-state index in [2.05, 4.69) is 38.0 Å². The Labute approximate surface area is 78.8 Å². The van der Waals surface area contributed by atoms with Gasteiger partial charge in [-0.05, 0) is 0 Å². The van der Waals surface area contributed by atoms with Gasteiger partial charge in [-0.25, -0.2) is 0 Å². The Balaban J connectivity index is 0. The van der Waals surface area contributed by atoms with Crippen molar-refractivity contribution in [1.82, 2.24) is 0 Å². The second-order valence-corrected chi connectivity index (χ2v) is 3.11. The predicted octanol–water partition coefficient (Wildman–Crippen LogP) is 2.61. The van der Waals surface area contributed by atoms with E-state index >= 15 is 0 Å². The molecule has 0 unspecified atom stereocenters. The van der Waals surface area contributed by atoms with Crippen LogP contribution in [0.15, 0.2) is 21.8 Å². The monoisotopic (exact) mass is 344 g/mol. The summed E-state index contributed by atoms with van der Waals surface area (Å²) in [7, 11) is 0. The van der Waals surface area contributed by atoms with E-state index in [1.807, 2.05) is 0 Å². The fourth-order valence-electron chi connectivity index (χ4n) is 0.582. The van der Waals surface area contributed by atoms with Gasteiger partial charge in [0.2, 0.25) is 0 Å². The Morgan fingerprint density at radius 2 is 2.00 bits per heavy atom. The summed E-state index contributed by atoms with van der Waals surface area (Å²) in [6, 6.07) is 0. The van der Waals surface area contributed by atoms with Crippen molar-refractivity contribution in [3.05, 3.63) is 21.8 Å². The van der Waals surface area contributed by atoms with Crippen LogP contribution in [0.2, 0.25) is 0 Å². The summed E-state index contributed by atoms with van der Waals surface area (Å²) in [4.78, 5) is 0. The van der Waals surface area contributed by atoms with Gasteiger partial charge in [-0.15, -0.1) is 24.8 Å². The van der Waals surface area contributed by atoms with Crippen LogP contribution in [-0.4, -0.2) is 0 Å². The summed E-state index contributed by atoms with van der Waals surface area (Å²) in [6.45, 7) is 2.15. The molecule has 0 fully saturated rings. The molecular formula is C6H9Cl2Ir.